The van der Waals surface area contributed by atoms with Crippen molar-refractivity contribution in [3.63, 3.8) is 0 Å². The van der Waals surface area contributed by atoms with Crippen LogP contribution in [0.3, 0.4) is 0 Å². The molecule has 4 rings (SSSR count). The highest BCUT2D eigenvalue weighted by atomic mass is 15.0. The maximum absolute atomic E-state index is 4.29. The zero-order valence-electron chi connectivity index (χ0n) is 13.6. The molecule has 0 bridgehead atoms. The quantitative estimate of drug-likeness (QED) is 0.532. The lowest BCUT2D eigenvalue weighted by atomic mass is 10.0. The van der Waals surface area contributed by atoms with E-state index in [9.17, 15) is 0 Å². The summed E-state index contributed by atoms with van der Waals surface area (Å²) in [6, 6.07) is 16.9. The van der Waals surface area contributed by atoms with Crippen molar-refractivity contribution in [2.24, 2.45) is 7.05 Å². The third kappa shape index (κ3) is 2.42. The summed E-state index contributed by atoms with van der Waals surface area (Å²) in [5.74, 6) is 0.694. The molecule has 0 aliphatic carbocycles. The summed E-state index contributed by atoms with van der Waals surface area (Å²) >= 11 is 0. The minimum atomic E-state index is 0.694. The Hall–Kier alpha value is -3.14. The molecular formula is C20H17N4+. The van der Waals surface area contributed by atoms with Crippen molar-refractivity contribution in [2.75, 3.05) is 0 Å². The average Bonchev–Trinajstić information content (AvgIpc) is 2.62. The van der Waals surface area contributed by atoms with Crippen LogP contribution in [-0.4, -0.2) is 15.0 Å². The highest BCUT2D eigenvalue weighted by molar-refractivity contribution is 5.95. The number of aryl methyl sites for hydroxylation is 2. The van der Waals surface area contributed by atoms with Crippen molar-refractivity contribution >= 4 is 10.8 Å². The Balaban J connectivity index is 1.97. The zero-order chi connectivity index (χ0) is 16.5. The summed E-state index contributed by atoms with van der Waals surface area (Å²) < 4.78 is 2.16. The number of hydrogen-bond acceptors (Lipinski definition) is 3. The number of pyridine rings is 1. The Kier molecular flexibility index (Phi) is 3.50. The molecule has 0 unspecified atom stereocenters. The minimum Gasteiger partial charge on any atom is -0.225 e. The normalized spacial score (nSPS) is 10.9. The Morgan fingerprint density at radius 1 is 0.875 bits per heavy atom. The summed E-state index contributed by atoms with van der Waals surface area (Å²) in [5.41, 5.74) is 4.71. The van der Waals surface area contributed by atoms with Gasteiger partial charge in [-0.3, -0.25) is 0 Å². The van der Waals surface area contributed by atoms with Crippen LogP contribution in [0.2, 0.25) is 0 Å². The molecule has 0 aliphatic heterocycles. The van der Waals surface area contributed by atoms with Crippen LogP contribution in [0, 0.1) is 6.92 Å². The van der Waals surface area contributed by atoms with E-state index in [1.165, 1.54) is 34.9 Å². The van der Waals surface area contributed by atoms with Gasteiger partial charge in [-0.1, -0.05) is 36.4 Å². The molecule has 0 radical (unpaired) electrons. The third-order valence-corrected chi connectivity index (χ3v) is 4.29. The van der Waals surface area contributed by atoms with Crippen molar-refractivity contribution < 1.29 is 4.57 Å². The van der Waals surface area contributed by atoms with Crippen LogP contribution < -0.4 is 4.57 Å². The topological polar surface area (TPSA) is 42.6 Å². The average molecular weight is 313 g/mol. The second kappa shape index (κ2) is 5.81. The first kappa shape index (κ1) is 14.5. The molecule has 2 heterocycles. The second-order valence-corrected chi connectivity index (χ2v) is 5.85. The maximum atomic E-state index is 4.29. The van der Waals surface area contributed by atoms with Gasteiger partial charge in [0.05, 0.1) is 5.39 Å². The van der Waals surface area contributed by atoms with E-state index in [-0.39, 0.29) is 0 Å². The van der Waals surface area contributed by atoms with E-state index in [1.54, 1.807) is 0 Å². The fraction of sp³-hybridized carbons (Fsp3) is 0.100. The summed E-state index contributed by atoms with van der Waals surface area (Å²) in [6.07, 6.45) is 5.21. The molecule has 24 heavy (non-hydrogen) atoms. The maximum Gasteiger partial charge on any atom is 0.213 e. The number of benzene rings is 2. The molecule has 0 N–H and O–H groups in total. The van der Waals surface area contributed by atoms with E-state index in [1.807, 2.05) is 12.1 Å². The molecule has 0 saturated carbocycles. The SMILES string of the molecule is Cc1ccccc1-c1cc2cccc(-c3ncncn3)c2c[n+]1C. The summed E-state index contributed by atoms with van der Waals surface area (Å²) in [5, 5.41) is 2.30. The van der Waals surface area contributed by atoms with Crippen molar-refractivity contribution in [3.05, 3.63) is 72.9 Å². The predicted molar refractivity (Wildman–Crippen MR) is 94.1 cm³/mol. The van der Waals surface area contributed by atoms with Gasteiger partial charge in [0.15, 0.2) is 12.0 Å². The summed E-state index contributed by atoms with van der Waals surface area (Å²) in [4.78, 5) is 12.5. The Labute approximate surface area is 140 Å². The van der Waals surface area contributed by atoms with Crippen LogP contribution >= 0.6 is 0 Å². The number of aromatic nitrogens is 4. The third-order valence-electron chi connectivity index (χ3n) is 4.29. The Morgan fingerprint density at radius 2 is 1.62 bits per heavy atom. The van der Waals surface area contributed by atoms with Gasteiger partial charge in [0.1, 0.15) is 19.7 Å². The van der Waals surface area contributed by atoms with Crippen LogP contribution in [0.1, 0.15) is 5.56 Å². The van der Waals surface area contributed by atoms with Crippen molar-refractivity contribution in [3.8, 4) is 22.6 Å². The molecule has 4 aromatic rings. The smallest absolute Gasteiger partial charge is 0.213 e. The van der Waals surface area contributed by atoms with Crippen molar-refractivity contribution in [1.82, 2.24) is 15.0 Å². The van der Waals surface area contributed by atoms with Crippen LogP contribution in [0.15, 0.2) is 67.4 Å². The van der Waals surface area contributed by atoms with Gasteiger partial charge < -0.3 is 0 Å². The molecule has 0 spiro atoms. The lowest BCUT2D eigenvalue weighted by Gasteiger charge is -2.08. The zero-order valence-corrected chi connectivity index (χ0v) is 13.6. The number of hydrogen-bond donors (Lipinski definition) is 0. The van der Waals surface area contributed by atoms with Crippen molar-refractivity contribution in [2.45, 2.75) is 6.92 Å². The van der Waals surface area contributed by atoms with Gasteiger partial charge in [-0.2, -0.15) is 0 Å². The first-order valence-electron chi connectivity index (χ1n) is 7.85. The minimum absolute atomic E-state index is 0.694. The van der Waals surface area contributed by atoms with Crippen LogP contribution in [0.5, 0.6) is 0 Å². The van der Waals surface area contributed by atoms with Crippen molar-refractivity contribution in [1.29, 1.82) is 0 Å². The van der Waals surface area contributed by atoms with Gasteiger partial charge in [-0.25, -0.2) is 19.5 Å². The van der Waals surface area contributed by atoms with Gasteiger partial charge >= 0.3 is 0 Å². The van der Waals surface area contributed by atoms with E-state index in [0.29, 0.717) is 5.82 Å². The first-order valence-corrected chi connectivity index (χ1v) is 7.85. The lowest BCUT2D eigenvalue weighted by Crippen LogP contribution is -2.30. The molecule has 116 valence electrons. The summed E-state index contributed by atoms with van der Waals surface area (Å²) in [6.45, 7) is 2.14. The number of fused-ring (bicyclic) bond motifs is 1. The molecule has 0 fully saturated rings. The van der Waals surface area contributed by atoms with Gasteiger partial charge in [-0.15, -0.1) is 0 Å². The molecule has 4 nitrogen and oxygen atoms in total. The van der Waals surface area contributed by atoms with Crippen LogP contribution in [0.4, 0.5) is 0 Å². The number of rotatable bonds is 2. The van der Waals surface area contributed by atoms with E-state index >= 15 is 0 Å². The Bertz CT molecular complexity index is 1030. The lowest BCUT2D eigenvalue weighted by molar-refractivity contribution is -0.659. The molecule has 0 aliphatic rings. The molecule has 2 aromatic carbocycles. The summed E-state index contributed by atoms with van der Waals surface area (Å²) in [7, 11) is 2.07. The second-order valence-electron chi connectivity index (χ2n) is 5.85. The van der Waals surface area contributed by atoms with Gasteiger partial charge in [0.25, 0.3) is 0 Å². The van der Waals surface area contributed by atoms with E-state index in [0.717, 1.165) is 10.9 Å². The molecule has 2 aromatic heterocycles. The highest BCUT2D eigenvalue weighted by Gasteiger charge is 2.16. The van der Waals surface area contributed by atoms with Gasteiger partial charge in [-0.05, 0) is 23.9 Å². The Morgan fingerprint density at radius 3 is 2.42 bits per heavy atom. The molecular weight excluding hydrogens is 296 g/mol. The molecule has 0 atom stereocenters. The molecule has 0 saturated heterocycles. The highest BCUT2D eigenvalue weighted by Crippen LogP contribution is 2.28. The van der Waals surface area contributed by atoms with Crippen LogP contribution in [-0.2, 0) is 7.05 Å². The fourth-order valence-corrected chi connectivity index (χ4v) is 3.07. The monoisotopic (exact) mass is 313 g/mol. The fourth-order valence-electron chi connectivity index (χ4n) is 3.07. The van der Waals surface area contributed by atoms with Gasteiger partial charge in [0.2, 0.25) is 5.69 Å². The van der Waals surface area contributed by atoms with Gasteiger partial charge in [0, 0.05) is 17.2 Å². The predicted octanol–water partition coefficient (Wildman–Crippen LogP) is 3.49. The van der Waals surface area contributed by atoms with E-state index in [2.05, 4.69) is 76.1 Å². The molecule has 4 heteroatoms. The standard InChI is InChI=1S/C20H17N4/c1-14-6-3-4-8-16(14)19-10-15-7-5-9-17(18(15)11-24(19)2)20-22-12-21-13-23-20/h3-13H,1-2H3/q+1. The van der Waals surface area contributed by atoms with E-state index < -0.39 is 0 Å². The van der Waals surface area contributed by atoms with E-state index in [4.69, 9.17) is 0 Å². The number of nitrogens with zero attached hydrogens (tertiary/aromatic N) is 4. The molecule has 0 amide bonds. The largest absolute Gasteiger partial charge is 0.225 e. The van der Waals surface area contributed by atoms with Crippen LogP contribution in [0.25, 0.3) is 33.4 Å². The first-order chi connectivity index (χ1) is 11.7.